The first-order chi connectivity index (χ1) is 19.7. The number of benzene rings is 1. The first kappa shape index (κ1) is 32.0. The molecule has 0 unspecified atom stereocenters. The Labute approximate surface area is 246 Å². The zero-order valence-corrected chi connectivity index (χ0v) is 25.0. The molecule has 1 aromatic heterocycles. The molecule has 2 aromatic rings. The van der Waals surface area contributed by atoms with Gasteiger partial charge in [-0.3, -0.25) is 24.0 Å². The van der Waals surface area contributed by atoms with Crippen LogP contribution in [0.2, 0.25) is 0 Å². The predicted molar refractivity (Wildman–Crippen MR) is 152 cm³/mol. The highest BCUT2D eigenvalue weighted by atomic mass is 19.4. The van der Waals surface area contributed by atoms with Crippen LogP contribution in [0.25, 0.3) is 10.9 Å². The van der Waals surface area contributed by atoms with Crippen molar-refractivity contribution >= 4 is 34.5 Å². The Kier molecular flexibility index (Phi) is 8.18. The number of nitrogens with two attached hydrogens (primary N) is 1. The van der Waals surface area contributed by atoms with E-state index in [2.05, 4.69) is 10.3 Å². The van der Waals surface area contributed by atoms with Crippen molar-refractivity contribution in [2.75, 3.05) is 6.54 Å². The smallest absolute Gasteiger partial charge is 0.368 e. The quantitative estimate of drug-likeness (QED) is 0.364. The second kappa shape index (κ2) is 11.0. The van der Waals surface area contributed by atoms with E-state index >= 15 is 0 Å². The number of hydrogen-bond donors (Lipinski definition) is 4. The van der Waals surface area contributed by atoms with Crippen LogP contribution >= 0.6 is 0 Å². The van der Waals surface area contributed by atoms with Gasteiger partial charge in [-0.1, -0.05) is 46.2 Å². The molecule has 1 aliphatic carbocycles. The molecule has 1 saturated heterocycles. The first-order valence-corrected chi connectivity index (χ1v) is 14.1. The van der Waals surface area contributed by atoms with E-state index in [4.69, 9.17) is 5.73 Å². The van der Waals surface area contributed by atoms with Crippen molar-refractivity contribution in [3.05, 3.63) is 45.7 Å². The number of piperidine rings is 1. The van der Waals surface area contributed by atoms with Crippen LogP contribution in [0.5, 0.6) is 0 Å². The van der Waals surface area contributed by atoms with E-state index in [0.717, 1.165) is 10.9 Å². The van der Waals surface area contributed by atoms with Crippen molar-refractivity contribution < 1.29 is 32.3 Å². The largest absolute Gasteiger partial charge is 0.471 e. The van der Waals surface area contributed by atoms with Gasteiger partial charge in [0, 0.05) is 36.5 Å². The van der Waals surface area contributed by atoms with Crippen LogP contribution in [0, 0.1) is 29.6 Å². The Bertz CT molecular complexity index is 1530. The molecular weight excluding hydrogens is 567 g/mol. The van der Waals surface area contributed by atoms with E-state index in [1.54, 1.807) is 32.9 Å². The molecule has 5 N–H and O–H groups in total. The number of pyridine rings is 1. The molecule has 0 radical (unpaired) electrons. The third kappa shape index (κ3) is 6.54. The fraction of sp³-hybridized carbons (Fsp3) is 0.567. The summed E-state index contributed by atoms with van der Waals surface area (Å²) in [6.07, 6.45) is -5.58. The molecule has 1 aromatic carbocycles. The van der Waals surface area contributed by atoms with E-state index < -0.39 is 58.9 Å². The number of rotatable bonds is 8. The Balaban J connectivity index is 1.53. The third-order valence-electron chi connectivity index (χ3n) is 8.85. The minimum absolute atomic E-state index is 0.0136. The maximum absolute atomic E-state index is 13.7. The molecule has 1 aliphatic heterocycles. The SMILES string of the molecule is Cc1ccc2[nH]c(=O)c(C[C@H](NC(=O)C[C@@H]3[C@@H]4[C@H](CN3C(=O)[C@@H](NC(=O)C(F)(F)F)C(C)(C)C)C4(C)C)C(N)=O)cc2c1. The van der Waals surface area contributed by atoms with Gasteiger partial charge in [-0.05, 0) is 53.2 Å². The second-order valence-corrected chi connectivity index (χ2v) is 13.4. The molecule has 43 heavy (non-hydrogen) atoms. The number of carbonyl (C=O) groups is 4. The Hall–Kier alpha value is -3.90. The number of fused-ring (bicyclic) bond motifs is 2. The summed E-state index contributed by atoms with van der Waals surface area (Å²) in [4.78, 5) is 67.9. The molecule has 13 heteroatoms. The van der Waals surface area contributed by atoms with E-state index in [1.807, 2.05) is 38.2 Å². The number of H-pyrrole nitrogens is 1. The third-order valence-corrected chi connectivity index (χ3v) is 8.85. The summed E-state index contributed by atoms with van der Waals surface area (Å²) < 4.78 is 39.2. The number of carbonyl (C=O) groups excluding carboxylic acids is 4. The van der Waals surface area contributed by atoms with Gasteiger partial charge in [-0.15, -0.1) is 0 Å². The molecule has 0 spiro atoms. The minimum Gasteiger partial charge on any atom is -0.368 e. The lowest BCUT2D eigenvalue weighted by molar-refractivity contribution is -0.176. The summed E-state index contributed by atoms with van der Waals surface area (Å²) in [6.45, 7) is 10.7. The van der Waals surface area contributed by atoms with Gasteiger partial charge >= 0.3 is 12.1 Å². The molecular formula is C30H38F3N5O5. The minimum atomic E-state index is -5.17. The molecule has 4 rings (SSSR count). The average molecular weight is 606 g/mol. The van der Waals surface area contributed by atoms with Crippen LogP contribution in [0.3, 0.4) is 0 Å². The van der Waals surface area contributed by atoms with Gasteiger partial charge in [0.2, 0.25) is 17.7 Å². The van der Waals surface area contributed by atoms with E-state index in [0.29, 0.717) is 5.52 Å². The monoisotopic (exact) mass is 605 g/mol. The van der Waals surface area contributed by atoms with Gasteiger partial charge in [0.1, 0.15) is 12.1 Å². The predicted octanol–water partition coefficient (Wildman–Crippen LogP) is 2.32. The summed E-state index contributed by atoms with van der Waals surface area (Å²) in [6, 6.07) is 3.73. The number of nitrogens with one attached hydrogen (secondary N) is 3. The number of likely N-dealkylation sites (tertiary alicyclic amines) is 1. The van der Waals surface area contributed by atoms with Gasteiger partial charge in [0.05, 0.1) is 0 Å². The fourth-order valence-corrected chi connectivity index (χ4v) is 6.37. The molecule has 1 saturated carbocycles. The first-order valence-electron chi connectivity index (χ1n) is 14.1. The number of amides is 4. The molecule has 2 heterocycles. The second-order valence-electron chi connectivity index (χ2n) is 13.4. The number of halogens is 3. The van der Waals surface area contributed by atoms with Crippen molar-refractivity contribution in [3.8, 4) is 0 Å². The summed E-state index contributed by atoms with van der Waals surface area (Å²) in [5, 5.41) is 5.18. The van der Waals surface area contributed by atoms with Crippen LogP contribution in [-0.4, -0.2) is 64.4 Å². The van der Waals surface area contributed by atoms with Crippen molar-refractivity contribution in [1.29, 1.82) is 0 Å². The van der Waals surface area contributed by atoms with Crippen molar-refractivity contribution in [2.24, 2.45) is 28.4 Å². The molecule has 234 valence electrons. The Morgan fingerprint density at radius 3 is 2.35 bits per heavy atom. The Morgan fingerprint density at radius 1 is 1.12 bits per heavy atom. The number of primary amides is 1. The van der Waals surface area contributed by atoms with Crippen LogP contribution in [0.4, 0.5) is 13.2 Å². The molecule has 2 aliphatic rings. The van der Waals surface area contributed by atoms with Crippen molar-refractivity contribution in [2.45, 2.75) is 78.7 Å². The van der Waals surface area contributed by atoms with E-state index in [-0.39, 0.29) is 42.2 Å². The zero-order chi connectivity index (χ0) is 32.2. The van der Waals surface area contributed by atoms with Crippen LogP contribution in [0.15, 0.2) is 29.1 Å². The van der Waals surface area contributed by atoms with E-state index in [1.165, 1.54) is 4.90 Å². The highest BCUT2D eigenvalue weighted by Crippen LogP contribution is 2.65. The van der Waals surface area contributed by atoms with Gasteiger partial charge in [0.25, 0.3) is 5.56 Å². The van der Waals surface area contributed by atoms with Crippen LogP contribution in [-0.2, 0) is 25.6 Å². The summed E-state index contributed by atoms with van der Waals surface area (Å²) in [5.74, 6) is -4.49. The maximum atomic E-state index is 13.7. The number of nitrogens with zero attached hydrogens (tertiary/aromatic N) is 1. The maximum Gasteiger partial charge on any atom is 0.471 e. The number of hydrogen-bond acceptors (Lipinski definition) is 5. The van der Waals surface area contributed by atoms with Gasteiger partial charge in [0.15, 0.2) is 0 Å². The van der Waals surface area contributed by atoms with Crippen LogP contribution in [0.1, 0.15) is 52.2 Å². The topological polar surface area (TPSA) is 154 Å². The fourth-order valence-electron chi connectivity index (χ4n) is 6.37. The van der Waals surface area contributed by atoms with Gasteiger partial charge in [-0.2, -0.15) is 13.2 Å². The lowest BCUT2D eigenvalue weighted by atomic mass is 9.85. The molecule has 0 bridgehead atoms. The number of aryl methyl sites for hydroxylation is 1. The number of aromatic amines is 1. The highest BCUT2D eigenvalue weighted by Gasteiger charge is 2.68. The molecule has 4 amide bonds. The molecule has 10 nitrogen and oxygen atoms in total. The zero-order valence-electron chi connectivity index (χ0n) is 25.0. The Morgan fingerprint density at radius 2 is 1.77 bits per heavy atom. The normalized spacial score (nSPS) is 22.4. The summed E-state index contributed by atoms with van der Waals surface area (Å²) in [7, 11) is 0. The van der Waals surface area contributed by atoms with Crippen molar-refractivity contribution in [3.63, 3.8) is 0 Å². The number of alkyl halides is 3. The average Bonchev–Trinajstić information content (AvgIpc) is 3.19. The standard InChI is InChI=1S/C30H38F3N5O5/c1-14-7-8-18-15(9-14)10-16(25(41)36-18)11-19(24(34)40)35-21(39)12-20-22-17(29(22,5)6)13-38(20)26(42)23(28(2,3)4)37-27(43)30(31,32)33/h7-10,17,19-20,22-23H,11-13H2,1-6H3,(H2,34,40)(H,35,39)(H,36,41)(H,37,43)/t17-,19-,20+,22-,23+/m0/s1. The molecule has 5 atom stereocenters. The highest BCUT2D eigenvalue weighted by molar-refractivity contribution is 5.92. The van der Waals surface area contributed by atoms with Gasteiger partial charge < -0.3 is 26.3 Å². The lowest BCUT2D eigenvalue weighted by Gasteiger charge is -2.38. The molecule has 2 fully saturated rings. The van der Waals surface area contributed by atoms with Crippen molar-refractivity contribution in [1.82, 2.24) is 20.5 Å². The van der Waals surface area contributed by atoms with Crippen LogP contribution < -0.4 is 21.9 Å². The van der Waals surface area contributed by atoms with Gasteiger partial charge in [-0.25, -0.2) is 0 Å². The summed E-state index contributed by atoms with van der Waals surface area (Å²) >= 11 is 0. The lowest BCUT2D eigenvalue weighted by Crippen LogP contribution is -2.59. The van der Waals surface area contributed by atoms with E-state index in [9.17, 15) is 37.1 Å². The summed E-state index contributed by atoms with van der Waals surface area (Å²) in [5.41, 5.74) is 5.72. The number of aromatic nitrogens is 1.